The molecular weight excluding hydrogens is 282 g/mol. The van der Waals surface area contributed by atoms with Crippen molar-refractivity contribution in [2.75, 3.05) is 6.54 Å². The van der Waals surface area contributed by atoms with E-state index < -0.39 is 0 Å². The van der Waals surface area contributed by atoms with Crippen LogP contribution < -0.4 is 5.32 Å². The molecule has 2 rings (SSSR count). The molecular formula is C18H20ClNO. The van der Waals surface area contributed by atoms with Crippen LogP contribution in [0.5, 0.6) is 0 Å². The molecule has 0 aliphatic carbocycles. The molecule has 1 unspecified atom stereocenters. The molecule has 0 aliphatic rings. The fraction of sp³-hybridized carbons (Fsp3) is 0.278. The minimum absolute atomic E-state index is 0.0908. The zero-order valence-corrected chi connectivity index (χ0v) is 13.1. The lowest BCUT2D eigenvalue weighted by atomic mass is 10.0. The first-order valence-electron chi connectivity index (χ1n) is 7.15. The van der Waals surface area contributed by atoms with Crippen molar-refractivity contribution in [1.29, 1.82) is 0 Å². The Kier molecular flexibility index (Phi) is 5.40. The van der Waals surface area contributed by atoms with Crippen LogP contribution >= 0.6 is 11.6 Å². The quantitative estimate of drug-likeness (QED) is 0.808. The minimum Gasteiger partial charge on any atom is -0.350 e. The van der Waals surface area contributed by atoms with Gasteiger partial charge in [-0.25, -0.2) is 0 Å². The molecule has 1 atom stereocenters. The van der Waals surface area contributed by atoms with Gasteiger partial charge < -0.3 is 5.32 Å². The Morgan fingerprint density at radius 3 is 2.19 bits per heavy atom. The van der Waals surface area contributed by atoms with Crippen LogP contribution in [0.3, 0.4) is 0 Å². The summed E-state index contributed by atoms with van der Waals surface area (Å²) in [6.07, 6.45) is 0. The van der Waals surface area contributed by atoms with Crippen molar-refractivity contribution >= 4 is 17.5 Å². The van der Waals surface area contributed by atoms with Gasteiger partial charge in [0, 0.05) is 12.1 Å². The first-order valence-corrected chi connectivity index (χ1v) is 7.58. The van der Waals surface area contributed by atoms with Crippen molar-refractivity contribution < 1.29 is 4.79 Å². The van der Waals surface area contributed by atoms with Crippen LogP contribution in [0.25, 0.3) is 0 Å². The fourth-order valence-electron chi connectivity index (χ4n) is 2.08. The predicted molar refractivity (Wildman–Crippen MR) is 87.9 cm³/mol. The van der Waals surface area contributed by atoms with E-state index in [1.54, 1.807) is 0 Å². The molecule has 1 amide bonds. The lowest BCUT2D eigenvalue weighted by Gasteiger charge is -2.12. The number of alkyl halides is 1. The van der Waals surface area contributed by atoms with Gasteiger partial charge in [-0.1, -0.05) is 56.3 Å². The maximum Gasteiger partial charge on any atom is 0.251 e. The zero-order chi connectivity index (χ0) is 15.2. The maximum atomic E-state index is 12.1. The smallest absolute Gasteiger partial charge is 0.251 e. The third-order valence-corrected chi connectivity index (χ3v) is 3.85. The van der Waals surface area contributed by atoms with Crippen molar-refractivity contribution in [1.82, 2.24) is 5.32 Å². The Balaban J connectivity index is 1.92. The fourth-order valence-corrected chi connectivity index (χ4v) is 2.31. The molecule has 0 heterocycles. The van der Waals surface area contributed by atoms with Gasteiger partial charge in [-0.15, -0.1) is 11.6 Å². The summed E-state index contributed by atoms with van der Waals surface area (Å²) in [5.41, 5.74) is 2.90. The molecule has 0 aliphatic heterocycles. The molecule has 2 aromatic rings. The third-order valence-electron chi connectivity index (χ3n) is 3.44. The predicted octanol–water partition coefficient (Wildman–Crippen LogP) is 4.52. The van der Waals surface area contributed by atoms with E-state index in [4.69, 9.17) is 11.6 Å². The normalized spacial score (nSPS) is 12.2. The number of amides is 1. The molecule has 0 fully saturated rings. The Bertz CT molecular complexity index is 578. The van der Waals surface area contributed by atoms with E-state index in [1.807, 2.05) is 54.6 Å². The Morgan fingerprint density at radius 2 is 1.62 bits per heavy atom. The van der Waals surface area contributed by atoms with Gasteiger partial charge in [0.1, 0.15) is 0 Å². The average molecular weight is 302 g/mol. The van der Waals surface area contributed by atoms with Crippen LogP contribution in [0.15, 0.2) is 54.6 Å². The number of hydrogen-bond donors (Lipinski definition) is 1. The molecule has 0 saturated carbocycles. The lowest BCUT2D eigenvalue weighted by Crippen LogP contribution is -2.26. The standard InChI is InChI=1S/C18H20ClNO/c1-13(2)14-8-10-16(11-9-14)18(21)20-12-17(19)15-6-4-3-5-7-15/h3-11,13,17H,12H2,1-2H3,(H,20,21). The summed E-state index contributed by atoms with van der Waals surface area (Å²) in [5, 5.41) is 2.66. The molecule has 110 valence electrons. The molecule has 0 bridgehead atoms. The van der Waals surface area contributed by atoms with Crippen molar-refractivity contribution in [3.05, 3.63) is 71.3 Å². The SMILES string of the molecule is CC(C)c1ccc(C(=O)NCC(Cl)c2ccccc2)cc1. The highest BCUT2D eigenvalue weighted by Crippen LogP contribution is 2.19. The van der Waals surface area contributed by atoms with E-state index in [0.717, 1.165) is 5.56 Å². The van der Waals surface area contributed by atoms with Crippen LogP contribution in [-0.4, -0.2) is 12.5 Å². The number of nitrogens with one attached hydrogen (secondary N) is 1. The second-order valence-corrected chi connectivity index (χ2v) is 5.89. The number of carbonyl (C=O) groups is 1. The first kappa shape index (κ1) is 15.6. The van der Waals surface area contributed by atoms with Crippen molar-refractivity contribution in [3.8, 4) is 0 Å². The van der Waals surface area contributed by atoms with Crippen LogP contribution in [-0.2, 0) is 0 Å². The maximum absolute atomic E-state index is 12.1. The van der Waals surface area contributed by atoms with E-state index in [9.17, 15) is 4.79 Å². The number of benzene rings is 2. The summed E-state index contributed by atoms with van der Waals surface area (Å²) >= 11 is 6.29. The highest BCUT2D eigenvalue weighted by molar-refractivity contribution is 6.21. The van der Waals surface area contributed by atoms with Gasteiger partial charge in [-0.2, -0.15) is 0 Å². The minimum atomic E-state index is -0.218. The van der Waals surface area contributed by atoms with Crippen molar-refractivity contribution in [2.24, 2.45) is 0 Å². The van der Waals surface area contributed by atoms with Gasteiger partial charge >= 0.3 is 0 Å². The topological polar surface area (TPSA) is 29.1 Å². The van der Waals surface area contributed by atoms with E-state index in [-0.39, 0.29) is 11.3 Å². The monoisotopic (exact) mass is 301 g/mol. The largest absolute Gasteiger partial charge is 0.350 e. The van der Waals surface area contributed by atoms with Gasteiger partial charge in [0.2, 0.25) is 0 Å². The summed E-state index contributed by atoms with van der Waals surface area (Å²) in [5.74, 6) is 0.374. The highest BCUT2D eigenvalue weighted by Gasteiger charge is 2.11. The number of rotatable bonds is 5. The molecule has 21 heavy (non-hydrogen) atoms. The summed E-state index contributed by atoms with van der Waals surface area (Å²) in [6, 6.07) is 17.5. The van der Waals surface area contributed by atoms with Gasteiger partial charge in [-0.05, 0) is 29.2 Å². The summed E-state index contributed by atoms with van der Waals surface area (Å²) in [6.45, 7) is 4.68. The van der Waals surface area contributed by atoms with E-state index in [1.165, 1.54) is 5.56 Å². The van der Waals surface area contributed by atoms with Crippen LogP contribution in [0.2, 0.25) is 0 Å². The first-order chi connectivity index (χ1) is 10.1. The molecule has 0 saturated heterocycles. The average Bonchev–Trinajstić information content (AvgIpc) is 2.53. The Hall–Kier alpha value is -1.80. The van der Waals surface area contributed by atoms with Crippen molar-refractivity contribution in [2.45, 2.75) is 25.1 Å². The number of carbonyl (C=O) groups excluding carboxylic acids is 1. The second kappa shape index (κ2) is 7.28. The van der Waals surface area contributed by atoms with Gasteiger partial charge in [-0.3, -0.25) is 4.79 Å². The molecule has 1 N–H and O–H groups in total. The molecule has 0 aromatic heterocycles. The van der Waals surface area contributed by atoms with Gasteiger partial charge in [0.15, 0.2) is 0 Å². The molecule has 3 heteroatoms. The van der Waals surface area contributed by atoms with E-state index in [2.05, 4.69) is 19.2 Å². The van der Waals surface area contributed by atoms with Crippen LogP contribution in [0, 0.1) is 0 Å². The molecule has 0 radical (unpaired) electrons. The number of halogens is 1. The summed E-state index contributed by atoms with van der Waals surface area (Å²) < 4.78 is 0. The lowest BCUT2D eigenvalue weighted by molar-refractivity contribution is 0.0953. The highest BCUT2D eigenvalue weighted by atomic mass is 35.5. The summed E-state index contributed by atoms with van der Waals surface area (Å²) in [4.78, 5) is 12.1. The Morgan fingerprint density at radius 1 is 1.00 bits per heavy atom. The molecule has 0 spiro atoms. The second-order valence-electron chi connectivity index (χ2n) is 5.36. The van der Waals surface area contributed by atoms with Crippen LogP contribution in [0.4, 0.5) is 0 Å². The van der Waals surface area contributed by atoms with E-state index in [0.29, 0.717) is 18.0 Å². The number of hydrogen-bond acceptors (Lipinski definition) is 1. The zero-order valence-electron chi connectivity index (χ0n) is 12.3. The molecule has 2 aromatic carbocycles. The Labute approximate surface area is 131 Å². The van der Waals surface area contributed by atoms with E-state index >= 15 is 0 Å². The van der Waals surface area contributed by atoms with Gasteiger partial charge in [0.05, 0.1) is 5.38 Å². The molecule has 2 nitrogen and oxygen atoms in total. The summed E-state index contributed by atoms with van der Waals surface area (Å²) in [7, 11) is 0. The van der Waals surface area contributed by atoms with Gasteiger partial charge in [0.25, 0.3) is 5.91 Å². The third kappa shape index (κ3) is 4.33. The van der Waals surface area contributed by atoms with Crippen LogP contribution in [0.1, 0.15) is 46.6 Å². The van der Waals surface area contributed by atoms with Crippen molar-refractivity contribution in [3.63, 3.8) is 0 Å².